The zero-order valence-electron chi connectivity index (χ0n) is 72.7. The Kier molecular flexibility index (Phi) is 23.5. The number of methoxy groups -OCH3 is 4. The number of benzene rings is 8. The second-order valence-corrected chi connectivity index (χ2v) is 32.8. The number of aromatic nitrogens is 6. The van der Waals surface area contributed by atoms with E-state index in [1.807, 2.05) is 123 Å². The number of carbonyl (C=O) groups is 12. The molecule has 4 aromatic heterocycles. The van der Waals surface area contributed by atoms with Gasteiger partial charge < -0.3 is 64.4 Å². The molecule has 0 spiro atoms. The number of nitrogens with one attached hydrogen (secondary N) is 8. The lowest BCUT2D eigenvalue weighted by Gasteiger charge is -2.31. The van der Waals surface area contributed by atoms with Crippen LogP contribution in [0.2, 0.25) is 0 Å². The summed E-state index contributed by atoms with van der Waals surface area (Å²) in [6.07, 6.45) is 1.88. The van der Waals surface area contributed by atoms with E-state index < -0.39 is 81.8 Å². The number of nitrogens with zero attached hydrogens (tertiary/aromatic N) is 10. The van der Waals surface area contributed by atoms with E-state index in [0.717, 1.165) is 74.0 Å². The van der Waals surface area contributed by atoms with Crippen molar-refractivity contribution in [1.29, 1.82) is 0 Å². The third-order valence-electron chi connectivity index (χ3n) is 24.6. The van der Waals surface area contributed by atoms with Crippen LogP contribution in [0.25, 0.3) is 44.9 Å². The van der Waals surface area contributed by atoms with Crippen molar-refractivity contribution in [3.8, 4) is 67.9 Å². The number of alkyl halides is 3. The van der Waals surface area contributed by atoms with E-state index in [1.54, 1.807) is 144 Å². The van der Waals surface area contributed by atoms with Gasteiger partial charge in [-0.05, 0) is 154 Å². The van der Waals surface area contributed by atoms with Crippen molar-refractivity contribution in [2.45, 2.75) is 68.4 Å². The van der Waals surface area contributed by atoms with E-state index in [9.17, 15) is 70.7 Å². The Morgan fingerprint density at radius 1 is 0.343 bits per heavy atom. The van der Waals surface area contributed by atoms with Gasteiger partial charge in [0.2, 0.25) is 0 Å². The van der Waals surface area contributed by atoms with E-state index in [-0.39, 0.29) is 56.4 Å². The lowest BCUT2D eigenvalue weighted by Crippen LogP contribution is -2.52. The van der Waals surface area contributed by atoms with Crippen molar-refractivity contribution >= 4 is 71.4 Å². The van der Waals surface area contributed by atoms with Gasteiger partial charge in [0.25, 0.3) is 47.3 Å². The summed E-state index contributed by atoms with van der Waals surface area (Å²) in [6, 6.07) is 56.8. The second kappa shape index (κ2) is 35.4. The van der Waals surface area contributed by atoms with Crippen molar-refractivity contribution in [1.82, 2.24) is 91.9 Å². The van der Waals surface area contributed by atoms with Crippen molar-refractivity contribution in [2.24, 2.45) is 7.05 Å². The van der Waals surface area contributed by atoms with Crippen LogP contribution in [-0.4, -0.2) is 175 Å². The van der Waals surface area contributed by atoms with E-state index in [2.05, 4.69) is 67.7 Å². The molecule has 0 radical (unpaired) electrons. The van der Waals surface area contributed by atoms with Crippen molar-refractivity contribution in [3.05, 3.63) is 315 Å². The lowest BCUT2D eigenvalue weighted by atomic mass is 9.88. The number of halogens is 3. The van der Waals surface area contributed by atoms with E-state index >= 15 is 0 Å². The molecule has 0 bridgehead atoms. The molecule has 8 N–H and O–H groups in total. The molecule has 0 saturated carbocycles. The molecule has 8 aromatic carbocycles. The summed E-state index contributed by atoms with van der Waals surface area (Å²) in [7, 11) is 8.02. The standard InChI is InChI=1S/C25H19F3N4O4.C25H22N4O4.C24H21N5O4.C23H21N5O4/c1-36-18-8-4-16-12-32(21(33)19(16)10-18)13-24(22(34)30-23(35)31-24)17-6-2-14(3-7-17)15-5-9-20(29-11-15)25(26,27)28;1-15-11-17(9-10-26-15)16-3-6-19(7-4-16)25(23(31)27-24(32)28-25)14-29-13-18-5-8-20(33-2)12-21(18)22(29)30;1-14-3-10-20(28-27-14)15-4-7-17(8-5-15)24(22(31)25-23(32)26-24)13-29-12-16-6-9-18(33-2)11-19(16)21(29)30;1-27-10-9-24-19(27)14-3-6-16(7-4-14)23(21(30)25-22(31)26-23)13-28-12-15-5-8-17(32-2)11-18(15)20(28)29/h2-11H,12-13H2,1H3,(H2,30,31,34,35);3-12H,13-14H2,1-2H3,(H2,27,28,31,32);3-11H,12-13H2,1-2H3,(H2,25,26,31,32);3-11H,12-13H2,1-2H3,(H2,25,26,30,31)/t24-;25-;24-;23-/m0000/s1. The van der Waals surface area contributed by atoms with Crippen LogP contribution in [0.5, 0.6) is 23.0 Å². The lowest BCUT2D eigenvalue weighted by molar-refractivity contribution is -0.141. The van der Waals surface area contributed by atoms with Crippen LogP contribution in [0.15, 0.2) is 231 Å². The number of rotatable bonds is 20. The van der Waals surface area contributed by atoms with Crippen LogP contribution in [-0.2, 0) is 80.7 Å². The van der Waals surface area contributed by atoms with E-state index in [1.165, 1.54) is 25.2 Å². The number of aryl methyl sites for hydroxylation is 3. The van der Waals surface area contributed by atoms with Gasteiger partial charge in [-0.2, -0.15) is 23.4 Å². The van der Waals surface area contributed by atoms with Gasteiger partial charge in [-0.15, -0.1) is 0 Å². The molecule has 8 aliphatic rings. The fourth-order valence-corrected chi connectivity index (χ4v) is 17.5. The summed E-state index contributed by atoms with van der Waals surface area (Å²) in [4.78, 5) is 171. The molecule has 12 aromatic rings. The minimum atomic E-state index is -4.54. The van der Waals surface area contributed by atoms with E-state index in [0.29, 0.717) is 104 Å². The number of pyridine rings is 2. The number of urea groups is 4. The number of hydrogen-bond donors (Lipinski definition) is 8. The molecule has 4 saturated heterocycles. The first-order chi connectivity index (χ1) is 64.3. The van der Waals surface area contributed by atoms with E-state index in [4.69, 9.17) is 18.9 Å². The Morgan fingerprint density at radius 2 is 0.679 bits per heavy atom. The average Bonchev–Trinajstić information content (AvgIpc) is 1.58. The maximum absolute atomic E-state index is 13.1. The number of carbonyl (C=O) groups excluding carboxylic acids is 12. The third-order valence-corrected chi connectivity index (χ3v) is 24.6. The van der Waals surface area contributed by atoms with Crippen LogP contribution in [0, 0.1) is 13.8 Å². The van der Waals surface area contributed by atoms with Gasteiger partial charge in [0, 0.05) is 103 Å². The molecule has 8 aliphatic heterocycles. The number of hydrogen-bond acceptors (Lipinski definition) is 21. The quantitative estimate of drug-likeness (QED) is 0.0329. The Bertz CT molecular complexity index is 6810. The van der Waals surface area contributed by atoms with Crippen molar-refractivity contribution in [3.63, 3.8) is 0 Å². The SMILES string of the molecule is COc1ccc2c(c1)C(=O)N(C[C@@]1(c3ccc(-c4ccc(C(F)(F)F)nc4)cc3)NC(=O)NC1=O)C2.COc1ccc2c(c1)C(=O)N(C[C@@]1(c3ccc(-c4ccc(C)nn4)cc3)NC(=O)NC1=O)C2.COc1ccc2c(c1)C(=O)N(C[C@@]1(c3ccc(-c4ccnc(C)c4)cc3)NC(=O)NC1=O)C2.COc1ccc2c(c1)C(=O)N(C[C@@]1(c3ccc(-c4nccn4C)cc3)NC(=O)NC1=O)C2. The second-order valence-electron chi connectivity index (χ2n) is 32.8. The largest absolute Gasteiger partial charge is 0.497 e. The molecule has 0 aliphatic carbocycles. The molecule has 12 heterocycles. The molecule has 4 atom stereocenters. The fraction of sp³-hybridized carbons (Fsp3) is 0.206. The predicted octanol–water partition coefficient (Wildman–Crippen LogP) is 10.2. The highest BCUT2D eigenvalue weighted by Gasteiger charge is 2.55. The van der Waals surface area contributed by atoms with Crippen molar-refractivity contribution < 1.29 is 89.7 Å². The smallest absolute Gasteiger partial charge is 0.433 e. The van der Waals surface area contributed by atoms with Crippen LogP contribution >= 0.6 is 0 Å². The third kappa shape index (κ3) is 16.9. The van der Waals surface area contributed by atoms with Crippen molar-refractivity contribution in [2.75, 3.05) is 54.6 Å². The molecular weight excluding hydrogens is 1730 g/mol. The van der Waals surface area contributed by atoms with Crippen LogP contribution in [0.3, 0.4) is 0 Å². The molecule has 0 unspecified atom stereocenters. The maximum Gasteiger partial charge on any atom is 0.433 e. The zero-order valence-corrected chi connectivity index (χ0v) is 72.7. The maximum atomic E-state index is 13.1. The summed E-state index contributed by atoms with van der Waals surface area (Å²) in [5, 5.41) is 28.4. The summed E-state index contributed by atoms with van der Waals surface area (Å²) in [5.41, 5.74) is 7.89. The Balaban J connectivity index is 0.000000124. The van der Waals surface area contributed by atoms with Gasteiger partial charge in [-0.1, -0.05) is 127 Å². The monoisotopic (exact) mass is 1810 g/mol. The average molecular weight is 1810 g/mol. The Morgan fingerprint density at radius 3 is 0.963 bits per heavy atom. The predicted molar refractivity (Wildman–Crippen MR) is 474 cm³/mol. The minimum Gasteiger partial charge on any atom is -0.497 e. The van der Waals surface area contributed by atoms with Crippen LogP contribution < -0.4 is 61.5 Å². The summed E-state index contributed by atoms with van der Waals surface area (Å²) < 4.78 is 61.2. The molecule has 37 heteroatoms. The Hall–Kier alpha value is -17.0. The summed E-state index contributed by atoms with van der Waals surface area (Å²) >= 11 is 0. The highest BCUT2D eigenvalue weighted by molar-refractivity contribution is 6.12. The topological polar surface area (TPSA) is 420 Å². The first kappa shape index (κ1) is 89.0. The summed E-state index contributed by atoms with van der Waals surface area (Å²) in [5.74, 6) is 0.0395. The first-order valence-corrected chi connectivity index (χ1v) is 41.9. The molecular formula is C97H83F3N18O16. The molecule has 20 rings (SSSR count). The number of fused-ring (bicyclic) bond motifs is 4. The van der Waals surface area contributed by atoms with Crippen LogP contribution in [0.4, 0.5) is 32.3 Å². The summed E-state index contributed by atoms with van der Waals surface area (Å²) in [6.45, 7) is 4.93. The molecule has 4 fully saturated rings. The first-order valence-electron chi connectivity index (χ1n) is 41.9. The van der Waals surface area contributed by atoms with Gasteiger partial charge in [-0.25, -0.2) is 24.2 Å². The Labute approximate surface area is 762 Å². The highest BCUT2D eigenvalue weighted by Crippen LogP contribution is 2.41. The van der Waals surface area contributed by atoms with Gasteiger partial charge in [0.15, 0.2) is 22.2 Å². The molecule has 16 amide bonds. The number of ether oxygens (including phenoxy) is 4. The number of amides is 16. The molecule has 678 valence electrons. The van der Waals surface area contributed by atoms with Gasteiger partial charge >= 0.3 is 30.3 Å². The normalized spacial score (nSPS) is 19.4. The minimum absolute atomic E-state index is 0.00214. The molecule has 34 nitrogen and oxygen atoms in total. The fourth-order valence-electron chi connectivity index (χ4n) is 17.5. The van der Waals surface area contributed by atoms with Gasteiger partial charge in [-0.3, -0.25) is 69.6 Å². The highest BCUT2D eigenvalue weighted by atomic mass is 19.4. The zero-order chi connectivity index (χ0) is 94.5. The number of imidazole rings is 1. The van der Waals surface area contributed by atoms with Crippen LogP contribution in [0.1, 0.15) is 103 Å². The van der Waals surface area contributed by atoms with Gasteiger partial charge in [0.1, 0.15) is 34.5 Å². The molecule has 134 heavy (non-hydrogen) atoms. The number of imide groups is 4. The van der Waals surface area contributed by atoms with Gasteiger partial charge in [0.05, 0.1) is 66.0 Å².